The second-order valence-electron chi connectivity index (χ2n) is 7.78. The summed E-state index contributed by atoms with van der Waals surface area (Å²) in [5, 5.41) is 10.6. The summed E-state index contributed by atoms with van der Waals surface area (Å²) in [4.78, 5) is 32.1. The van der Waals surface area contributed by atoms with Crippen LogP contribution in [0.5, 0.6) is 0 Å². The van der Waals surface area contributed by atoms with Crippen LogP contribution in [-0.4, -0.2) is 33.3 Å². The van der Waals surface area contributed by atoms with E-state index in [0.29, 0.717) is 23.7 Å². The van der Waals surface area contributed by atoms with Gasteiger partial charge in [-0.3, -0.25) is 14.6 Å². The van der Waals surface area contributed by atoms with E-state index < -0.39 is 5.82 Å². The number of anilines is 2. The maximum absolute atomic E-state index is 15.2. The lowest BCUT2D eigenvalue weighted by atomic mass is 9.95. The Morgan fingerprint density at radius 2 is 1.97 bits per heavy atom. The Kier molecular flexibility index (Phi) is 6.51. The second kappa shape index (κ2) is 9.52. The van der Waals surface area contributed by atoms with E-state index >= 15 is 4.39 Å². The molecule has 4 rings (SSSR count). The highest BCUT2D eigenvalue weighted by Gasteiger charge is 2.30. The lowest BCUT2D eigenvalue weighted by Gasteiger charge is -2.15. The standard InChI is InChI=1S/C24H23FN6O2S/c1-13(6-5-11-26-4)21-17-8-9-19-23(34-24(29-19)28-15(3)33)22(17)31(30-21)20-10-7-16(12-18(20)25)27-14(2)32/h5-7,10-12H,4,8-9H2,1-3H3,(H,27,32)(H,28,29,33)/b11-5-,13-6+. The number of fused-ring (bicyclic) bond motifs is 3. The van der Waals surface area contributed by atoms with Gasteiger partial charge in [0.1, 0.15) is 5.69 Å². The quantitative estimate of drug-likeness (QED) is 0.394. The molecule has 2 amide bonds. The van der Waals surface area contributed by atoms with Crippen molar-refractivity contribution in [1.29, 1.82) is 0 Å². The molecule has 0 radical (unpaired) electrons. The number of carbonyl (C=O) groups is 2. The molecule has 10 heteroatoms. The zero-order chi connectivity index (χ0) is 24.4. The number of hydrogen-bond donors (Lipinski definition) is 2. The average molecular weight is 479 g/mol. The van der Waals surface area contributed by atoms with Gasteiger partial charge < -0.3 is 10.6 Å². The Bertz CT molecular complexity index is 1370. The zero-order valence-electron chi connectivity index (χ0n) is 19.0. The maximum Gasteiger partial charge on any atom is 0.223 e. The van der Waals surface area contributed by atoms with Gasteiger partial charge in [0.2, 0.25) is 11.8 Å². The smallest absolute Gasteiger partial charge is 0.223 e. The summed E-state index contributed by atoms with van der Waals surface area (Å²) in [7, 11) is 0. The summed E-state index contributed by atoms with van der Waals surface area (Å²) in [5.74, 6) is -1.02. The van der Waals surface area contributed by atoms with Gasteiger partial charge in [0, 0.05) is 31.3 Å². The van der Waals surface area contributed by atoms with Gasteiger partial charge in [-0.2, -0.15) is 5.10 Å². The topological polar surface area (TPSA) is 101 Å². The summed E-state index contributed by atoms with van der Waals surface area (Å²) in [6.45, 7) is 8.17. The molecule has 0 aliphatic heterocycles. The SMILES string of the molecule is C=N/C=C\C=C(/C)c1nn(-c2ccc(NC(C)=O)cc2F)c2c1CCc1nc(NC(C)=O)sc1-2. The van der Waals surface area contributed by atoms with Crippen molar-refractivity contribution in [3.63, 3.8) is 0 Å². The molecule has 0 saturated carbocycles. The minimum Gasteiger partial charge on any atom is -0.326 e. The van der Waals surface area contributed by atoms with E-state index in [9.17, 15) is 9.59 Å². The Balaban J connectivity index is 1.90. The number of amides is 2. The van der Waals surface area contributed by atoms with Gasteiger partial charge in [-0.05, 0) is 56.3 Å². The summed E-state index contributed by atoms with van der Waals surface area (Å²) in [6, 6.07) is 4.49. The molecule has 8 nitrogen and oxygen atoms in total. The number of benzene rings is 1. The Hall–Kier alpha value is -3.92. The fourth-order valence-corrected chi connectivity index (χ4v) is 4.97. The molecule has 34 heavy (non-hydrogen) atoms. The number of allylic oxidation sites excluding steroid dienone is 3. The van der Waals surface area contributed by atoms with E-state index in [2.05, 4.69) is 27.3 Å². The van der Waals surface area contributed by atoms with Gasteiger partial charge in [0.15, 0.2) is 10.9 Å². The van der Waals surface area contributed by atoms with Gasteiger partial charge in [-0.25, -0.2) is 14.1 Å². The number of carbonyl (C=O) groups excluding carboxylic acids is 2. The van der Waals surface area contributed by atoms with Crippen LogP contribution >= 0.6 is 11.3 Å². The molecule has 0 bridgehead atoms. The number of hydrogen-bond acceptors (Lipinski definition) is 6. The fraction of sp³-hybridized carbons (Fsp3) is 0.208. The Labute approximate surface area is 199 Å². The van der Waals surface area contributed by atoms with Gasteiger partial charge in [-0.1, -0.05) is 17.4 Å². The van der Waals surface area contributed by atoms with Crippen molar-refractivity contribution in [2.75, 3.05) is 10.6 Å². The van der Waals surface area contributed by atoms with Crippen molar-refractivity contribution in [3.8, 4) is 16.3 Å². The van der Waals surface area contributed by atoms with Crippen LogP contribution in [0.25, 0.3) is 21.8 Å². The highest BCUT2D eigenvalue weighted by atomic mass is 32.1. The summed E-state index contributed by atoms with van der Waals surface area (Å²) in [5.41, 5.74) is 4.80. The molecule has 174 valence electrons. The number of aromatic nitrogens is 3. The molecule has 0 spiro atoms. The average Bonchev–Trinajstić information content (AvgIpc) is 3.34. The molecular weight excluding hydrogens is 455 g/mol. The lowest BCUT2D eigenvalue weighted by Crippen LogP contribution is -2.09. The van der Waals surface area contributed by atoms with Gasteiger partial charge >= 0.3 is 0 Å². The van der Waals surface area contributed by atoms with E-state index in [-0.39, 0.29) is 17.5 Å². The number of nitrogens with zero attached hydrogens (tertiary/aromatic N) is 4. The van der Waals surface area contributed by atoms with Crippen molar-refractivity contribution in [3.05, 3.63) is 59.3 Å². The van der Waals surface area contributed by atoms with Crippen molar-refractivity contribution >= 4 is 46.3 Å². The number of halogens is 1. The molecule has 2 N–H and O–H groups in total. The molecule has 1 aromatic carbocycles. The first kappa shape index (κ1) is 23.2. The molecular formula is C24H23FN6O2S. The number of thiazole rings is 1. The van der Waals surface area contributed by atoms with Gasteiger partial charge in [-0.15, -0.1) is 0 Å². The molecule has 1 aliphatic carbocycles. The van der Waals surface area contributed by atoms with E-state index in [1.165, 1.54) is 31.3 Å². The van der Waals surface area contributed by atoms with Crippen LogP contribution in [0.1, 0.15) is 37.7 Å². The van der Waals surface area contributed by atoms with E-state index in [1.54, 1.807) is 29.1 Å². The Morgan fingerprint density at radius 1 is 1.21 bits per heavy atom. The highest BCUT2D eigenvalue weighted by molar-refractivity contribution is 7.19. The summed E-state index contributed by atoms with van der Waals surface area (Å²) in [6.07, 6.45) is 6.57. The predicted octanol–water partition coefficient (Wildman–Crippen LogP) is 4.77. The molecule has 2 aromatic heterocycles. The number of aliphatic imine (C=N–C) groups is 1. The van der Waals surface area contributed by atoms with Crippen molar-refractivity contribution in [2.24, 2.45) is 4.99 Å². The van der Waals surface area contributed by atoms with Crippen LogP contribution in [0.4, 0.5) is 15.2 Å². The molecule has 2 heterocycles. The summed E-state index contributed by atoms with van der Waals surface area (Å²) < 4.78 is 16.8. The van der Waals surface area contributed by atoms with Crippen molar-refractivity contribution < 1.29 is 14.0 Å². The number of nitrogens with one attached hydrogen (secondary N) is 2. The second-order valence-corrected chi connectivity index (χ2v) is 8.78. The van der Waals surface area contributed by atoms with E-state index in [1.807, 2.05) is 13.0 Å². The minimum atomic E-state index is -0.529. The third-order valence-corrected chi connectivity index (χ3v) is 6.22. The van der Waals surface area contributed by atoms with Crippen LogP contribution in [0.15, 0.2) is 41.5 Å². The van der Waals surface area contributed by atoms with Crippen LogP contribution in [0.2, 0.25) is 0 Å². The van der Waals surface area contributed by atoms with Crippen LogP contribution in [-0.2, 0) is 22.4 Å². The van der Waals surface area contributed by atoms with Crippen LogP contribution in [0, 0.1) is 5.82 Å². The van der Waals surface area contributed by atoms with Crippen LogP contribution < -0.4 is 10.6 Å². The number of aryl methyl sites for hydroxylation is 1. The molecule has 0 saturated heterocycles. The Morgan fingerprint density at radius 3 is 2.65 bits per heavy atom. The number of rotatable bonds is 6. The van der Waals surface area contributed by atoms with Gasteiger partial charge in [0.05, 0.1) is 22.0 Å². The third kappa shape index (κ3) is 4.58. The molecule has 0 fully saturated rings. The molecule has 0 unspecified atom stereocenters. The first-order valence-electron chi connectivity index (χ1n) is 10.5. The van der Waals surface area contributed by atoms with E-state index in [4.69, 9.17) is 5.10 Å². The zero-order valence-corrected chi connectivity index (χ0v) is 19.8. The monoisotopic (exact) mass is 478 g/mol. The largest absolute Gasteiger partial charge is 0.326 e. The molecule has 0 atom stereocenters. The normalized spacial score (nSPS) is 12.9. The maximum atomic E-state index is 15.2. The summed E-state index contributed by atoms with van der Waals surface area (Å²) >= 11 is 1.34. The van der Waals surface area contributed by atoms with Crippen molar-refractivity contribution in [1.82, 2.24) is 14.8 Å². The lowest BCUT2D eigenvalue weighted by molar-refractivity contribution is -0.115. The predicted molar refractivity (Wildman–Crippen MR) is 133 cm³/mol. The van der Waals surface area contributed by atoms with Crippen molar-refractivity contribution in [2.45, 2.75) is 33.6 Å². The first-order valence-corrected chi connectivity index (χ1v) is 11.4. The highest BCUT2D eigenvalue weighted by Crippen LogP contribution is 2.43. The molecule has 3 aromatic rings. The minimum absolute atomic E-state index is 0.207. The molecule has 1 aliphatic rings. The fourth-order valence-electron chi connectivity index (χ4n) is 3.85. The third-order valence-electron chi connectivity index (χ3n) is 5.20. The van der Waals surface area contributed by atoms with E-state index in [0.717, 1.165) is 33.1 Å². The van der Waals surface area contributed by atoms with Crippen LogP contribution in [0.3, 0.4) is 0 Å². The first-order chi connectivity index (χ1) is 16.3. The van der Waals surface area contributed by atoms with Gasteiger partial charge in [0.25, 0.3) is 0 Å².